The Labute approximate surface area is 205 Å². The van der Waals surface area contributed by atoms with E-state index in [4.69, 9.17) is 14.7 Å². The van der Waals surface area contributed by atoms with E-state index in [1.54, 1.807) is 15.6 Å². The molecule has 0 unspecified atom stereocenters. The Morgan fingerprint density at radius 3 is 2.69 bits per heavy atom. The van der Waals surface area contributed by atoms with Crippen molar-refractivity contribution in [3.05, 3.63) is 36.1 Å². The van der Waals surface area contributed by atoms with Crippen LogP contribution in [0.3, 0.4) is 0 Å². The third kappa shape index (κ3) is 5.87. The van der Waals surface area contributed by atoms with Crippen molar-refractivity contribution in [2.75, 3.05) is 44.2 Å². The second-order valence-corrected chi connectivity index (χ2v) is 8.22. The smallest absolute Gasteiger partial charge is 0.370 e. The van der Waals surface area contributed by atoms with Crippen LogP contribution in [0.1, 0.15) is 18.3 Å². The summed E-state index contributed by atoms with van der Waals surface area (Å²) in [6, 6.07) is 1.76. The number of aryl methyl sites for hydroxylation is 2. The van der Waals surface area contributed by atoms with Crippen LogP contribution in [-0.2, 0) is 17.7 Å². The van der Waals surface area contributed by atoms with E-state index >= 15 is 0 Å². The SMILES string of the molecule is CCc1nn(CCOCC(F)(F)F)c2c(Nc3cc(C)ncn3)nc(N(C)C3=NCN(C)C=C3)nc12. The minimum atomic E-state index is -4.40. The molecule has 0 aromatic carbocycles. The fourth-order valence-electron chi connectivity index (χ4n) is 3.55. The van der Waals surface area contributed by atoms with Gasteiger partial charge in [0.2, 0.25) is 5.95 Å². The third-order valence-corrected chi connectivity index (χ3v) is 5.32. The van der Waals surface area contributed by atoms with Crippen LogP contribution in [0.4, 0.5) is 30.8 Å². The number of aromatic nitrogens is 6. The lowest BCUT2D eigenvalue weighted by Crippen LogP contribution is -2.31. The van der Waals surface area contributed by atoms with Gasteiger partial charge in [-0.1, -0.05) is 6.92 Å². The van der Waals surface area contributed by atoms with Crippen LogP contribution in [0.25, 0.3) is 11.0 Å². The lowest BCUT2D eigenvalue weighted by molar-refractivity contribution is -0.174. The van der Waals surface area contributed by atoms with Gasteiger partial charge in [-0.25, -0.2) is 19.9 Å². The van der Waals surface area contributed by atoms with Crippen molar-refractivity contribution in [1.82, 2.24) is 34.6 Å². The molecule has 36 heavy (non-hydrogen) atoms. The molecule has 0 atom stereocenters. The van der Waals surface area contributed by atoms with Crippen LogP contribution < -0.4 is 10.2 Å². The first-order valence-corrected chi connectivity index (χ1v) is 11.3. The van der Waals surface area contributed by atoms with Crippen molar-refractivity contribution in [3.63, 3.8) is 0 Å². The molecular formula is C22H27F3N10O. The average molecular weight is 505 g/mol. The van der Waals surface area contributed by atoms with E-state index in [1.807, 2.05) is 45.1 Å². The zero-order valence-electron chi connectivity index (χ0n) is 20.4. The van der Waals surface area contributed by atoms with Gasteiger partial charge in [0.25, 0.3) is 0 Å². The van der Waals surface area contributed by atoms with Crippen LogP contribution in [0.15, 0.2) is 29.7 Å². The number of anilines is 3. The van der Waals surface area contributed by atoms with Crippen LogP contribution >= 0.6 is 0 Å². The molecule has 0 amide bonds. The molecule has 1 aliphatic heterocycles. The van der Waals surface area contributed by atoms with Gasteiger partial charge in [-0.3, -0.25) is 9.58 Å². The topological polar surface area (TPSA) is 109 Å². The molecule has 11 nitrogen and oxygen atoms in total. The summed E-state index contributed by atoms with van der Waals surface area (Å²) < 4.78 is 43.9. The van der Waals surface area contributed by atoms with E-state index in [1.165, 1.54) is 6.33 Å². The number of rotatable bonds is 8. The van der Waals surface area contributed by atoms with E-state index in [0.717, 1.165) is 5.69 Å². The van der Waals surface area contributed by atoms with Crippen molar-refractivity contribution in [2.45, 2.75) is 33.0 Å². The second-order valence-electron chi connectivity index (χ2n) is 8.22. The lowest BCUT2D eigenvalue weighted by Gasteiger charge is -2.23. The number of hydrogen-bond donors (Lipinski definition) is 1. The van der Waals surface area contributed by atoms with Gasteiger partial charge < -0.3 is 15.0 Å². The highest BCUT2D eigenvalue weighted by Gasteiger charge is 2.27. The quantitative estimate of drug-likeness (QED) is 0.463. The number of fused-ring (bicyclic) bond motifs is 1. The first-order chi connectivity index (χ1) is 17.1. The van der Waals surface area contributed by atoms with Crippen molar-refractivity contribution >= 4 is 34.5 Å². The Morgan fingerprint density at radius 1 is 1.22 bits per heavy atom. The van der Waals surface area contributed by atoms with Gasteiger partial charge >= 0.3 is 6.18 Å². The molecule has 0 bridgehead atoms. The highest BCUT2D eigenvalue weighted by Crippen LogP contribution is 2.29. The Balaban J connectivity index is 1.75. The Bertz CT molecular complexity index is 1290. The Hall–Kier alpha value is -3.81. The maximum Gasteiger partial charge on any atom is 0.411 e. The number of ether oxygens (including phenoxy) is 1. The molecule has 0 radical (unpaired) electrons. The first-order valence-electron chi connectivity index (χ1n) is 11.3. The molecule has 0 fully saturated rings. The molecule has 192 valence electrons. The summed E-state index contributed by atoms with van der Waals surface area (Å²) in [7, 11) is 3.74. The van der Waals surface area contributed by atoms with E-state index < -0.39 is 12.8 Å². The zero-order chi connectivity index (χ0) is 25.9. The van der Waals surface area contributed by atoms with Crippen molar-refractivity contribution in [1.29, 1.82) is 0 Å². The summed E-state index contributed by atoms with van der Waals surface area (Å²) in [4.78, 5) is 26.1. The predicted molar refractivity (Wildman–Crippen MR) is 129 cm³/mol. The lowest BCUT2D eigenvalue weighted by atomic mass is 10.2. The molecule has 3 aromatic rings. The molecule has 0 spiro atoms. The maximum atomic E-state index is 12.5. The van der Waals surface area contributed by atoms with Crippen molar-refractivity contribution in [3.8, 4) is 0 Å². The summed E-state index contributed by atoms with van der Waals surface area (Å²) >= 11 is 0. The highest BCUT2D eigenvalue weighted by atomic mass is 19.4. The average Bonchev–Trinajstić information content (AvgIpc) is 3.19. The van der Waals surface area contributed by atoms with E-state index in [2.05, 4.69) is 25.4 Å². The number of alkyl halides is 3. The summed E-state index contributed by atoms with van der Waals surface area (Å²) in [5.74, 6) is 1.97. The van der Waals surface area contributed by atoms with Crippen LogP contribution in [0.2, 0.25) is 0 Å². The largest absolute Gasteiger partial charge is 0.411 e. The number of nitrogens with zero attached hydrogens (tertiary/aromatic N) is 9. The number of hydrogen-bond acceptors (Lipinski definition) is 10. The van der Waals surface area contributed by atoms with E-state index in [-0.39, 0.29) is 13.2 Å². The minimum Gasteiger partial charge on any atom is -0.370 e. The molecule has 0 saturated carbocycles. The normalized spacial score (nSPS) is 13.9. The van der Waals surface area contributed by atoms with E-state index in [9.17, 15) is 13.2 Å². The second kappa shape index (κ2) is 10.4. The number of likely N-dealkylation sites (N-methyl/N-ethyl adjacent to an activating group) is 1. The molecule has 4 rings (SSSR count). The molecule has 14 heteroatoms. The fraction of sp³-hybridized carbons (Fsp3) is 0.455. The Kier molecular flexibility index (Phi) is 7.33. The summed E-state index contributed by atoms with van der Waals surface area (Å²) in [5, 5.41) is 7.80. The fourth-order valence-corrected chi connectivity index (χ4v) is 3.55. The van der Waals surface area contributed by atoms with Gasteiger partial charge in [-0.15, -0.1) is 0 Å². The van der Waals surface area contributed by atoms with Crippen molar-refractivity contribution in [2.24, 2.45) is 4.99 Å². The predicted octanol–water partition coefficient (Wildman–Crippen LogP) is 3.06. The minimum absolute atomic E-state index is 0.0877. The molecule has 0 saturated heterocycles. The standard InChI is InChI=1S/C22H27F3N10O/c1-5-15-18-19(35(32-15)8-9-36-11-22(23,24)25)20(29-16-10-14(2)26-12-27-16)31-21(30-18)34(4)17-6-7-33(3)13-28-17/h6-7,10,12H,5,8-9,11,13H2,1-4H3,(H,26,27,29,30,31). The van der Waals surface area contributed by atoms with Crippen LogP contribution in [-0.4, -0.2) is 80.6 Å². The van der Waals surface area contributed by atoms with Gasteiger partial charge in [0.15, 0.2) is 5.82 Å². The molecule has 4 heterocycles. The molecule has 1 N–H and O–H groups in total. The number of halogens is 3. The third-order valence-electron chi connectivity index (χ3n) is 5.32. The Morgan fingerprint density at radius 2 is 2.03 bits per heavy atom. The summed E-state index contributed by atoms with van der Waals surface area (Å²) in [6.45, 7) is 2.85. The number of nitrogens with one attached hydrogen (secondary N) is 1. The molecular weight excluding hydrogens is 477 g/mol. The first kappa shape index (κ1) is 25.3. The monoisotopic (exact) mass is 504 g/mol. The summed E-state index contributed by atoms with van der Waals surface area (Å²) in [5.41, 5.74) is 2.55. The molecule has 3 aromatic heterocycles. The van der Waals surface area contributed by atoms with Gasteiger partial charge in [0.1, 0.15) is 42.3 Å². The number of amidine groups is 1. The maximum absolute atomic E-state index is 12.5. The van der Waals surface area contributed by atoms with Gasteiger partial charge in [0.05, 0.1) is 18.8 Å². The summed E-state index contributed by atoms with van der Waals surface area (Å²) in [6.07, 6.45) is 1.37. The van der Waals surface area contributed by atoms with Crippen LogP contribution in [0, 0.1) is 6.92 Å². The van der Waals surface area contributed by atoms with Gasteiger partial charge in [0, 0.05) is 32.1 Å². The van der Waals surface area contributed by atoms with Gasteiger partial charge in [-0.05, 0) is 19.4 Å². The van der Waals surface area contributed by atoms with Crippen LogP contribution in [0.5, 0.6) is 0 Å². The van der Waals surface area contributed by atoms with Gasteiger partial charge in [-0.2, -0.15) is 23.3 Å². The van der Waals surface area contributed by atoms with Crippen molar-refractivity contribution < 1.29 is 17.9 Å². The number of aliphatic imine (C=N–C) groups is 1. The molecule has 0 aliphatic carbocycles. The molecule has 1 aliphatic rings. The zero-order valence-corrected chi connectivity index (χ0v) is 20.4. The highest BCUT2D eigenvalue weighted by molar-refractivity contribution is 6.05. The van der Waals surface area contributed by atoms with E-state index in [0.29, 0.717) is 53.2 Å².